The highest BCUT2D eigenvalue weighted by Gasteiger charge is 2.11. The molecule has 1 aromatic carbocycles. The molecule has 3 nitrogen and oxygen atoms in total. The number of rotatable bonds is 3. The molecule has 1 aromatic heterocycles. The Morgan fingerprint density at radius 3 is 2.72 bits per heavy atom. The molecule has 0 unspecified atom stereocenters. The number of hydrogen-bond donors (Lipinski definition) is 1. The Morgan fingerprint density at radius 1 is 1.44 bits per heavy atom. The second kappa shape index (κ2) is 5.20. The zero-order chi connectivity index (χ0) is 13.3. The summed E-state index contributed by atoms with van der Waals surface area (Å²) in [6.07, 6.45) is 0. The third kappa shape index (κ3) is 2.79. The van der Waals surface area contributed by atoms with Gasteiger partial charge in [-0.05, 0) is 25.1 Å². The highest BCUT2D eigenvalue weighted by atomic mass is 35.5. The molecule has 0 aliphatic rings. The molecular formula is C12H13ClFN3S. The average molecular weight is 286 g/mol. The predicted octanol–water partition coefficient (Wildman–Crippen LogP) is 3.40. The van der Waals surface area contributed by atoms with Gasteiger partial charge in [0.05, 0.1) is 5.69 Å². The molecule has 2 aromatic rings. The van der Waals surface area contributed by atoms with E-state index in [4.69, 9.17) is 17.3 Å². The first-order chi connectivity index (χ1) is 8.47. The van der Waals surface area contributed by atoms with Crippen molar-refractivity contribution in [2.45, 2.75) is 17.6 Å². The smallest absolute Gasteiger partial charge is 0.131 e. The quantitative estimate of drug-likeness (QED) is 0.694. The molecule has 0 aliphatic heterocycles. The summed E-state index contributed by atoms with van der Waals surface area (Å²) in [5, 5.41) is 4.85. The van der Waals surface area contributed by atoms with Gasteiger partial charge in [-0.2, -0.15) is 5.10 Å². The minimum atomic E-state index is -0.327. The minimum Gasteiger partial charge on any atom is -0.399 e. The molecule has 96 valence electrons. The lowest BCUT2D eigenvalue weighted by atomic mass is 10.3. The summed E-state index contributed by atoms with van der Waals surface area (Å²) in [4.78, 5) is 0.784. The monoisotopic (exact) mass is 285 g/mol. The van der Waals surface area contributed by atoms with E-state index >= 15 is 0 Å². The average Bonchev–Trinajstić information content (AvgIpc) is 2.50. The zero-order valence-electron chi connectivity index (χ0n) is 10.1. The SMILES string of the molecule is Cc1nn(C)c(Cl)c1CSc1cc(N)cc(F)c1. The van der Waals surface area contributed by atoms with E-state index in [1.807, 2.05) is 6.92 Å². The number of benzene rings is 1. The summed E-state index contributed by atoms with van der Waals surface area (Å²) in [5.41, 5.74) is 7.87. The van der Waals surface area contributed by atoms with Crippen LogP contribution in [-0.4, -0.2) is 9.78 Å². The lowest BCUT2D eigenvalue weighted by molar-refractivity contribution is 0.625. The summed E-state index contributed by atoms with van der Waals surface area (Å²) in [7, 11) is 1.80. The van der Waals surface area contributed by atoms with E-state index in [0.29, 0.717) is 16.6 Å². The van der Waals surface area contributed by atoms with Gasteiger partial charge in [0.15, 0.2) is 0 Å². The van der Waals surface area contributed by atoms with E-state index in [0.717, 1.165) is 16.2 Å². The lowest BCUT2D eigenvalue weighted by Gasteiger charge is -2.03. The van der Waals surface area contributed by atoms with Crippen LogP contribution in [0.4, 0.5) is 10.1 Å². The third-order valence-electron chi connectivity index (χ3n) is 2.55. The highest BCUT2D eigenvalue weighted by molar-refractivity contribution is 7.98. The predicted molar refractivity (Wildman–Crippen MR) is 73.3 cm³/mol. The maximum atomic E-state index is 13.2. The molecule has 6 heteroatoms. The van der Waals surface area contributed by atoms with Crippen LogP contribution >= 0.6 is 23.4 Å². The Kier molecular flexibility index (Phi) is 3.82. The maximum Gasteiger partial charge on any atom is 0.131 e. The van der Waals surface area contributed by atoms with Crippen LogP contribution in [-0.2, 0) is 12.8 Å². The fourth-order valence-corrected chi connectivity index (χ4v) is 3.05. The van der Waals surface area contributed by atoms with Crippen LogP contribution in [0.3, 0.4) is 0 Å². The Balaban J connectivity index is 2.16. The van der Waals surface area contributed by atoms with Gasteiger partial charge in [0, 0.05) is 28.9 Å². The van der Waals surface area contributed by atoms with Crippen molar-refractivity contribution in [2.24, 2.45) is 7.05 Å². The fourth-order valence-electron chi connectivity index (χ4n) is 1.66. The van der Waals surface area contributed by atoms with Crippen LogP contribution in [0.2, 0.25) is 5.15 Å². The van der Waals surface area contributed by atoms with Crippen molar-refractivity contribution in [3.05, 3.63) is 40.4 Å². The Hall–Kier alpha value is -1.20. The van der Waals surface area contributed by atoms with Crippen LogP contribution in [0.25, 0.3) is 0 Å². The van der Waals surface area contributed by atoms with E-state index < -0.39 is 0 Å². The van der Waals surface area contributed by atoms with E-state index in [2.05, 4.69) is 5.10 Å². The van der Waals surface area contributed by atoms with Crippen LogP contribution < -0.4 is 5.73 Å². The van der Waals surface area contributed by atoms with Gasteiger partial charge in [0.2, 0.25) is 0 Å². The first-order valence-corrected chi connectivity index (χ1v) is 6.70. The number of nitrogen functional groups attached to an aromatic ring is 1. The Morgan fingerprint density at radius 2 is 2.17 bits per heavy atom. The van der Waals surface area contributed by atoms with Crippen molar-refractivity contribution in [1.29, 1.82) is 0 Å². The molecule has 18 heavy (non-hydrogen) atoms. The number of halogens is 2. The van der Waals surface area contributed by atoms with Gasteiger partial charge < -0.3 is 5.73 Å². The third-order valence-corrected chi connectivity index (χ3v) is 4.02. The highest BCUT2D eigenvalue weighted by Crippen LogP contribution is 2.29. The summed E-state index contributed by atoms with van der Waals surface area (Å²) in [6.45, 7) is 1.90. The number of thioether (sulfide) groups is 1. The molecule has 2 rings (SSSR count). The van der Waals surface area contributed by atoms with Crippen LogP contribution in [0, 0.1) is 12.7 Å². The number of hydrogen-bond acceptors (Lipinski definition) is 3. The summed E-state index contributed by atoms with van der Waals surface area (Å²) < 4.78 is 14.8. The molecule has 1 heterocycles. The van der Waals surface area contributed by atoms with Gasteiger partial charge in [-0.1, -0.05) is 11.6 Å². The van der Waals surface area contributed by atoms with E-state index in [-0.39, 0.29) is 5.82 Å². The molecule has 0 saturated carbocycles. The molecule has 0 atom stereocenters. The van der Waals surface area contributed by atoms with Gasteiger partial charge in [-0.15, -0.1) is 11.8 Å². The van der Waals surface area contributed by atoms with Crippen molar-refractivity contribution >= 4 is 29.1 Å². The molecule has 0 radical (unpaired) electrons. The number of anilines is 1. The van der Waals surface area contributed by atoms with Gasteiger partial charge >= 0.3 is 0 Å². The van der Waals surface area contributed by atoms with Gasteiger partial charge in [-0.25, -0.2) is 4.39 Å². The van der Waals surface area contributed by atoms with Crippen molar-refractivity contribution in [2.75, 3.05) is 5.73 Å². The molecule has 0 spiro atoms. The number of nitrogens with two attached hydrogens (primary N) is 1. The van der Waals surface area contributed by atoms with Gasteiger partial charge in [-0.3, -0.25) is 4.68 Å². The second-order valence-electron chi connectivity index (χ2n) is 3.99. The van der Waals surface area contributed by atoms with Crippen molar-refractivity contribution in [1.82, 2.24) is 9.78 Å². The summed E-state index contributed by atoms with van der Waals surface area (Å²) in [5.74, 6) is 0.313. The van der Waals surface area contributed by atoms with E-state index in [1.165, 1.54) is 23.9 Å². The van der Waals surface area contributed by atoms with Crippen LogP contribution in [0.5, 0.6) is 0 Å². The topological polar surface area (TPSA) is 43.8 Å². The normalized spacial score (nSPS) is 10.9. The number of aromatic nitrogens is 2. The molecule has 0 aliphatic carbocycles. The van der Waals surface area contributed by atoms with Gasteiger partial charge in [0.25, 0.3) is 0 Å². The molecular weight excluding hydrogens is 273 g/mol. The molecule has 0 saturated heterocycles. The summed E-state index contributed by atoms with van der Waals surface area (Å²) in [6, 6.07) is 4.50. The van der Waals surface area contributed by atoms with Crippen molar-refractivity contribution in [3.63, 3.8) is 0 Å². The zero-order valence-corrected chi connectivity index (χ0v) is 11.6. The maximum absolute atomic E-state index is 13.2. The van der Waals surface area contributed by atoms with Crippen LogP contribution in [0.1, 0.15) is 11.3 Å². The standard InChI is InChI=1S/C12H13ClFN3S/c1-7-11(12(13)17(2)16-7)6-18-10-4-8(14)3-9(15)5-10/h3-5H,6,15H2,1-2H3. The molecule has 2 N–H and O–H groups in total. The molecule has 0 bridgehead atoms. The summed E-state index contributed by atoms with van der Waals surface area (Å²) >= 11 is 7.62. The largest absolute Gasteiger partial charge is 0.399 e. The van der Waals surface area contributed by atoms with E-state index in [9.17, 15) is 4.39 Å². The lowest BCUT2D eigenvalue weighted by Crippen LogP contribution is -1.89. The van der Waals surface area contributed by atoms with Crippen molar-refractivity contribution < 1.29 is 4.39 Å². The molecule has 0 fully saturated rings. The van der Waals surface area contributed by atoms with E-state index in [1.54, 1.807) is 17.8 Å². The number of nitrogens with zero attached hydrogens (tertiary/aromatic N) is 2. The molecule has 0 amide bonds. The minimum absolute atomic E-state index is 0.327. The van der Waals surface area contributed by atoms with Crippen molar-refractivity contribution in [3.8, 4) is 0 Å². The number of aryl methyl sites for hydroxylation is 2. The Labute approximate surface area is 114 Å². The second-order valence-corrected chi connectivity index (χ2v) is 5.39. The fraction of sp³-hybridized carbons (Fsp3) is 0.250. The van der Waals surface area contributed by atoms with Gasteiger partial charge in [0.1, 0.15) is 11.0 Å². The van der Waals surface area contributed by atoms with Crippen LogP contribution in [0.15, 0.2) is 23.1 Å². The Bertz CT molecular complexity index is 563. The first-order valence-electron chi connectivity index (χ1n) is 5.34. The first kappa shape index (κ1) is 13.2.